The summed E-state index contributed by atoms with van der Waals surface area (Å²) >= 11 is 5.94. The fraction of sp³-hybridized carbons (Fsp3) is 0.259. The summed E-state index contributed by atoms with van der Waals surface area (Å²) in [5.74, 6) is -0.374. The van der Waals surface area contributed by atoms with Gasteiger partial charge in [0.2, 0.25) is 5.91 Å². The molecule has 1 N–H and O–H groups in total. The lowest BCUT2D eigenvalue weighted by molar-refractivity contribution is -0.135. The average molecular weight is 462 g/mol. The van der Waals surface area contributed by atoms with Crippen LogP contribution in [0.25, 0.3) is 0 Å². The number of nitrogens with zero attached hydrogens (tertiary/aromatic N) is 2. The summed E-state index contributed by atoms with van der Waals surface area (Å²) < 4.78 is 0. The topological polar surface area (TPSA) is 52.7 Å². The number of halogens is 1. The summed E-state index contributed by atoms with van der Waals surface area (Å²) in [6.45, 7) is 3.92. The highest BCUT2D eigenvalue weighted by Crippen LogP contribution is 2.19. The maximum absolute atomic E-state index is 13.5. The molecular weight excluding hydrogens is 434 g/mol. The molecule has 0 bridgehead atoms. The van der Waals surface area contributed by atoms with E-state index < -0.39 is 6.04 Å². The Morgan fingerprint density at radius 3 is 2.06 bits per heavy atom. The van der Waals surface area contributed by atoms with Crippen LogP contribution in [0.15, 0.2) is 84.9 Å². The van der Waals surface area contributed by atoms with Gasteiger partial charge in [-0.25, -0.2) is 0 Å². The van der Waals surface area contributed by atoms with Crippen LogP contribution in [0.2, 0.25) is 5.02 Å². The highest BCUT2D eigenvalue weighted by atomic mass is 35.5. The fourth-order valence-electron chi connectivity index (χ4n) is 4.06. The first-order chi connectivity index (χ1) is 16.1. The molecule has 1 fully saturated rings. The van der Waals surface area contributed by atoms with E-state index in [9.17, 15) is 9.59 Å². The molecule has 1 aliphatic heterocycles. The van der Waals surface area contributed by atoms with Gasteiger partial charge in [-0.3, -0.25) is 14.5 Å². The molecule has 4 rings (SSSR count). The molecule has 0 unspecified atom stereocenters. The Hall–Kier alpha value is -3.15. The Morgan fingerprint density at radius 2 is 1.42 bits per heavy atom. The minimum absolute atomic E-state index is 0.0776. The number of rotatable bonds is 7. The zero-order valence-corrected chi connectivity index (χ0v) is 19.2. The van der Waals surface area contributed by atoms with Gasteiger partial charge in [-0.1, -0.05) is 72.3 Å². The van der Waals surface area contributed by atoms with Crippen LogP contribution < -0.4 is 5.32 Å². The van der Waals surface area contributed by atoms with Crippen molar-refractivity contribution in [3.05, 3.63) is 107 Å². The second-order valence-corrected chi connectivity index (χ2v) is 8.66. The molecule has 0 radical (unpaired) electrons. The van der Waals surface area contributed by atoms with E-state index in [2.05, 4.69) is 34.5 Å². The Kier molecular flexibility index (Phi) is 7.76. The smallest absolute Gasteiger partial charge is 0.252 e. The van der Waals surface area contributed by atoms with Gasteiger partial charge in [0.1, 0.15) is 6.04 Å². The second-order valence-electron chi connectivity index (χ2n) is 8.23. The third-order valence-corrected chi connectivity index (χ3v) is 6.26. The van der Waals surface area contributed by atoms with Gasteiger partial charge in [0, 0.05) is 43.3 Å². The number of carbonyl (C=O) groups excluding carboxylic acids is 2. The van der Waals surface area contributed by atoms with Gasteiger partial charge in [0.05, 0.1) is 0 Å². The molecular formula is C27H28ClN3O2. The van der Waals surface area contributed by atoms with E-state index in [0.29, 0.717) is 23.7 Å². The number of carbonyl (C=O) groups is 2. The Morgan fingerprint density at radius 1 is 0.818 bits per heavy atom. The van der Waals surface area contributed by atoms with Crippen molar-refractivity contribution in [1.82, 2.24) is 15.1 Å². The lowest BCUT2D eigenvalue weighted by Crippen LogP contribution is -2.52. The fourth-order valence-corrected chi connectivity index (χ4v) is 4.18. The molecule has 1 aliphatic rings. The monoisotopic (exact) mass is 461 g/mol. The first kappa shape index (κ1) is 23.0. The molecule has 33 heavy (non-hydrogen) atoms. The van der Waals surface area contributed by atoms with Crippen LogP contribution in [0.4, 0.5) is 0 Å². The van der Waals surface area contributed by atoms with Crippen molar-refractivity contribution in [2.24, 2.45) is 0 Å². The molecule has 6 heteroatoms. The number of hydrogen-bond donors (Lipinski definition) is 1. The average Bonchev–Trinajstić information content (AvgIpc) is 2.87. The summed E-state index contributed by atoms with van der Waals surface area (Å²) in [6.07, 6.45) is 0.999. The number of benzene rings is 3. The van der Waals surface area contributed by atoms with Crippen LogP contribution in [0.5, 0.6) is 0 Å². The van der Waals surface area contributed by atoms with Crippen molar-refractivity contribution in [2.75, 3.05) is 32.7 Å². The van der Waals surface area contributed by atoms with Crippen molar-refractivity contribution in [3.63, 3.8) is 0 Å². The van der Waals surface area contributed by atoms with Gasteiger partial charge < -0.3 is 10.2 Å². The van der Waals surface area contributed by atoms with Crippen molar-refractivity contribution >= 4 is 23.4 Å². The number of amides is 2. The quantitative estimate of drug-likeness (QED) is 0.573. The molecule has 0 aliphatic carbocycles. The summed E-state index contributed by atoms with van der Waals surface area (Å²) in [6, 6.07) is 25.8. The van der Waals surface area contributed by atoms with Crippen LogP contribution in [-0.2, 0) is 11.2 Å². The van der Waals surface area contributed by atoms with Crippen LogP contribution in [0, 0.1) is 0 Å². The van der Waals surface area contributed by atoms with Crippen LogP contribution in [0.1, 0.15) is 27.5 Å². The SMILES string of the molecule is O=C(N[C@@H](C(=O)N1CCN(CCc2ccccc2)CC1)c1ccccc1)c1ccc(Cl)cc1. The van der Waals surface area contributed by atoms with Gasteiger partial charge >= 0.3 is 0 Å². The van der Waals surface area contributed by atoms with Gasteiger partial charge in [0.25, 0.3) is 5.91 Å². The largest absolute Gasteiger partial charge is 0.338 e. The van der Waals surface area contributed by atoms with Crippen molar-refractivity contribution in [3.8, 4) is 0 Å². The number of piperazine rings is 1. The second kappa shape index (κ2) is 11.1. The maximum atomic E-state index is 13.5. The molecule has 0 spiro atoms. The molecule has 3 aromatic carbocycles. The Bertz CT molecular complexity index is 1050. The lowest BCUT2D eigenvalue weighted by atomic mass is 10.0. The molecule has 5 nitrogen and oxygen atoms in total. The van der Waals surface area contributed by atoms with Gasteiger partial charge in [-0.2, -0.15) is 0 Å². The van der Waals surface area contributed by atoms with Gasteiger partial charge in [-0.05, 0) is 41.8 Å². The van der Waals surface area contributed by atoms with E-state index in [1.807, 2.05) is 41.3 Å². The predicted octanol–water partition coefficient (Wildman–Crippen LogP) is 4.20. The van der Waals surface area contributed by atoms with E-state index in [1.165, 1.54) is 5.56 Å². The summed E-state index contributed by atoms with van der Waals surface area (Å²) in [4.78, 5) is 30.6. The molecule has 0 saturated carbocycles. The summed E-state index contributed by atoms with van der Waals surface area (Å²) in [5, 5.41) is 3.50. The zero-order valence-electron chi connectivity index (χ0n) is 18.5. The first-order valence-corrected chi connectivity index (χ1v) is 11.6. The van der Waals surface area contributed by atoms with Crippen molar-refractivity contribution < 1.29 is 9.59 Å². The van der Waals surface area contributed by atoms with Crippen LogP contribution in [-0.4, -0.2) is 54.3 Å². The van der Waals surface area contributed by atoms with E-state index >= 15 is 0 Å². The minimum Gasteiger partial charge on any atom is -0.338 e. The summed E-state index contributed by atoms with van der Waals surface area (Å²) in [5.41, 5.74) is 2.57. The Labute approximate surface area is 200 Å². The zero-order chi connectivity index (χ0) is 23.0. The van der Waals surface area contributed by atoms with E-state index in [1.54, 1.807) is 24.3 Å². The highest BCUT2D eigenvalue weighted by molar-refractivity contribution is 6.30. The van der Waals surface area contributed by atoms with Gasteiger partial charge in [-0.15, -0.1) is 0 Å². The molecule has 1 heterocycles. The number of nitrogens with one attached hydrogen (secondary N) is 1. The summed E-state index contributed by atoms with van der Waals surface area (Å²) in [7, 11) is 0. The first-order valence-electron chi connectivity index (χ1n) is 11.3. The number of hydrogen-bond acceptors (Lipinski definition) is 3. The Balaban J connectivity index is 1.39. The molecule has 2 amide bonds. The molecule has 1 saturated heterocycles. The van der Waals surface area contributed by atoms with Crippen LogP contribution >= 0.6 is 11.6 Å². The maximum Gasteiger partial charge on any atom is 0.252 e. The third kappa shape index (κ3) is 6.21. The molecule has 170 valence electrons. The molecule has 0 aromatic heterocycles. The van der Waals surface area contributed by atoms with Crippen LogP contribution in [0.3, 0.4) is 0 Å². The highest BCUT2D eigenvalue weighted by Gasteiger charge is 2.30. The standard InChI is InChI=1S/C27H28ClN3O2/c28-24-13-11-23(12-14-24)26(32)29-25(22-9-5-2-6-10-22)27(33)31-19-17-30(18-20-31)16-15-21-7-3-1-4-8-21/h1-14,25H,15-20H2,(H,29,32)/t25-/m1/s1. The molecule has 3 aromatic rings. The van der Waals surface area contributed by atoms with Crippen molar-refractivity contribution in [1.29, 1.82) is 0 Å². The molecule has 1 atom stereocenters. The lowest BCUT2D eigenvalue weighted by Gasteiger charge is -2.36. The van der Waals surface area contributed by atoms with Crippen molar-refractivity contribution in [2.45, 2.75) is 12.5 Å². The minimum atomic E-state index is -0.731. The van der Waals surface area contributed by atoms with E-state index in [4.69, 9.17) is 11.6 Å². The van der Waals surface area contributed by atoms with Gasteiger partial charge in [0.15, 0.2) is 0 Å². The van der Waals surface area contributed by atoms with E-state index in [0.717, 1.165) is 31.6 Å². The van der Waals surface area contributed by atoms with E-state index in [-0.39, 0.29) is 11.8 Å². The predicted molar refractivity (Wildman–Crippen MR) is 131 cm³/mol. The normalized spacial score (nSPS) is 15.1. The third-order valence-electron chi connectivity index (χ3n) is 6.01.